The molecule has 5 aromatic rings. The molecule has 1 amide bonds. The van der Waals surface area contributed by atoms with E-state index in [2.05, 4.69) is 40.1 Å². The van der Waals surface area contributed by atoms with Crippen molar-refractivity contribution in [2.45, 2.75) is 18.6 Å². The zero-order valence-electron chi connectivity index (χ0n) is 17.5. The Hall–Kier alpha value is -3.28. The van der Waals surface area contributed by atoms with Gasteiger partial charge in [-0.1, -0.05) is 30.0 Å². The summed E-state index contributed by atoms with van der Waals surface area (Å²) in [5, 5.41) is 14.9. The Balaban J connectivity index is 1.38. The molecule has 0 aliphatic rings. The Kier molecular flexibility index (Phi) is 5.83. The van der Waals surface area contributed by atoms with Crippen LogP contribution in [0.15, 0.2) is 64.4 Å². The Morgan fingerprint density at radius 2 is 2.09 bits per heavy atom. The molecule has 11 heteroatoms. The molecule has 0 saturated carbocycles. The number of aryl methyl sites for hydroxylation is 1. The van der Waals surface area contributed by atoms with Crippen molar-refractivity contribution >= 4 is 62.2 Å². The first-order valence-electron chi connectivity index (χ1n) is 9.97. The molecule has 0 radical (unpaired) electrons. The molecule has 33 heavy (non-hydrogen) atoms. The minimum Gasteiger partial charge on any atom is -0.301 e. The molecule has 0 saturated heterocycles. The first kappa shape index (κ1) is 21.6. The lowest BCUT2D eigenvalue weighted by molar-refractivity contribution is -0.113. The summed E-state index contributed by atoms with van der Waals surface area (Å²) < 4.78 is 3.33. The van der Waals surface area contributed by atoms with E-state index in [-0.39, 0.29) is 17.2 Å². The van der Waals surface area contributed by atoms with Crippen molar-refractivity contribution in [3.8, 4) is 10.6 Å². The number of carbonyl (C=O) groups excluding carboxylic acids is 1. The molecule has 0 spiro atoms. The third-order valence-corrected chi connectivity index (χ3v) is 7.58. The number of rotatable bonds is 7. The number of hydrogen-bond donors (Lipinski definition) is 1. The van der Waals surface area contributed by atoms with Crippen molar-refractivity contribution in [2.24, 2.45) is 0 Å². The smallest absolute Gasteiger partial charge is 0.263 e. The molecule has 0 aliphatic heterocycles. The maximum atomic E-state index is 12.9. The van der Waals surface area contributed by atoms with Crippen LogP contribution in [0.5, 0.6) is 0 Å². The van der Waals surface area contributed by atoms with Crippen molar-refractivity contribution in [2.75, 3.05) is 11.1 Å². The van der Waals surface area contributed by atoms with Crippen LogP contribution in [0.3, 0.4) is 0 Å². The Morgan fingerprint density at radius 1 is 1.24 bits per heavy atom. The maximum absolute atomic E-state index is 12.9. The molecular formula is C22H18N6O2S3. The van der Waals surface area contributed by atoms with Gasteiger partial charge in [-0.15, -0.1) is 39.4 Å². The van der Waals surface area contributed by atoms with Crippen molar-refractivity contribution in [3.05, 3.63) is 69.7 Å². The minimum atomic E-state index is -0.191. The number of anilines is 1. The summed E-state index contributed by atoms with van der Waals surface area (Å²) in [6.07, 6.45) is 1.64. The second-order valence-corrected chi connectivity index (χ2v) is 10.2. The number of benzene rings is 1. The zero-order valence-corrected chi connectivity index (χ0v) is 20.0. The fourth-order valence-electron chi connectivity index (χ4n) is 3.42. The summed E-state index contributed by atoms with van der Waals surface area (Å²) in [6, 6.07) is 11.4. The highest BCUT2D eigenvalue weighted by Gasteiger charge is 2.17. The number of carbonyl (C=O) groups is 1. The lowest BCUT2D eigenvalue weighted by Gasteiger charge is -2.09. The summed E-state index contributed by atoms with van der Waals surface area (Å²) in [5.74, 6) is 0.351. The number of thiophene rings is 1. The standard InChI is InChI=1S/C22H18N6O2S3/c1-3-10-27-19(30)14-6-4-5-7-16(14)28-21(27)25-26-22(28)32-12-18(29)24-20-23-15(11-31-20)17-9-8-13(2)33-17/h3-9,11H,1,10,12H2,2H3,(H,23,24,29). The molecule has 1 aromatic carbocycles. The van der Waals surface area contributed by atoms with E-state index in [1.54, 1.807) is 27.9 Å². The molecule has 166 valence electrons. The van der Waals surface area contributed by atoms with Crippen molar-refractivity contribution in [3.63, 3.8) is 0 Å². The van der Waals surface area contributed by atoms with E-state index in [1.165, 1.54) is 32.5 Å². The molecule has 4 heterocycles. The van der Waals surface area contributed by atoms with Gasteiger partial charge in [0.1, 0.15) is 0 Å². The quantitative estimate of drug-likeness (QED) is 0.265. The molecule has 0 aliphatic carbocycles. The average molecular weight is 495 g/mol. The van der Waals surface area contributed by atoms with Crippen molar-refractivity contribution in [1.29, 1.82) is 0 Å². The Morgan fingerprint density at radius 3 is 2.88 bits per heavy atom. The normalized spacial score (nSPS) is 11.3. The molecule has 0 fully saturated rings. The number of fused-ring (bicyclic) bond motifs is 3. The fourth-order valence-corrected chi connectivity index (χ4v) is 5.79. The summed E-state index contributed by atoms with van der Waals surface area (Å²) in [4.78, 5) is 32.3. The lowest BCUT2D eigenvalue weighted by atomic mass is 10.2. The second-order valence-electron chi connectivity index (χ2n) is 7.12. The van der Waals surface area contributed by atoms with E-state index in [0.29, 0.717) is 33.5 Å². The SMILES string of the molecule is C=CCn1c(=O)c2ccccc2n2c(SCC(=O)Nc3nc(-c4ccc(C)s4)cs3)nnc12. The van der Waals surface area contributed by atoms with Crippen LogP contribution < -0.4 is 10.9 Å². The molecule has 0 bridgehead atoms. The predicted octanol–water partition coefficient (Wildman–Crippen LogP) is 4.45. The van der Waals surface area contributed by atoms with E-state index in [0.717, 1.165) is 10.6 Å². The number of allylic oxidation sites excluding steroid dienone is 1. The molecule has 0 unspecified atom stereocenters. The highest BCUT2D eigenvalue weighted by Crippen LogP contribution is 2.30. The second kappa shape index (κ2) is 8.93. The monoisotopic (exact) mass is 494 g/mol. The number of para-hydroxylation sites is 1. The summed E-state index contributed by atoms with van der Waals surface area (Å²) in [5.41, 5.74) is 1.40. The van der Waals surface area contributed by atoms with Crippen molar-refractivity contribution < 1.29 is 4.79 Å². The van der Waals surface area contributed by atoms with Crippen LogP contribution in [0.4, 0.5) is 5.13 Å². The van der Waals surface area contributed by atoms with Gasteiger partial charge in [0, 0.05) is 16.8 Å². The van der Waals surface area contributed by atoms with Crippen LogP contribution in [0.1, 0.15) is 4.88 Å². The maximum Gasteiger partial charge on any atom is 0.263 e. The van der Waals surface area contributed by atoms with E-state index >= 15 is 0 Å². The third kappa shape index (κ3) is 4.10. The lowest BCUT2D eigenvalue weighted by Crippen LogP contribution is -2.22. The number of nitrogens with one attached hydrogen (secondary N) is 1. The average Bonchev–Trinajstić information content (AvgIpc) is 3.55. The third-order valence-electron chi connectivity index (χ3n) is 4.87. The molecule has 8 nitrogen and oxygen atoms in total. The van der Waals surface area contributed by atoms with Crippen LogP contribution in [0.2, 0.25) is 0 Å². The number of hydrogen-bond acceptors (Lipinski definition) is 8. The van der Waals surface area contributed by atoms with Gasteiger partial charge in [0.25, 0.3) is 5.56 Å². The number of thiazole rings is 1. The van der Waals surface area contributed by atoms with Gasteiger partial charge in [-0.05, 0) is 31.2 Å². The van der Waals surface area contributed by atoms with Crippen LogP contribution in [-0.2, 0) is 11.3 Å². The van der Waals surface area contributed by atoms with Gasteiger partial charge >= 0.3 is 0 Å². The van der Waals surface area contributed by atoms with E-state index < -0.39 is 0 Å². The molecule has 4 aromatic heterocycles. The van der Waals surface area contributed by atoms with Crippen LogP contribution in [-0.4, -0.2) is 35.8 Å². The highest BCUT2D eigenvalue weighted by molar-refractivity contribution is 7.99. The van der Waals surface area contributed by atoms with Crippen LogP contribution >= 0.6 is 34.4 Å². The van der Waals surface area contributed by atoms with Gasteiger partial charge in [-0.2, -0.15) is 0 Å². The number of thioether (sulfide) groups is 1. The van der Waals surface area contributed by atoms with Gasteiger partial charge in [0.05, 0.1) is 27.2 Å². The van der Waals surface area contributed by atoms with Crippen molar-refractivity contribution in [1.82, 2.24) is 24.1 Å². The van der Waals surface area contributed by atoms with Gasteiger partial charge in [-0.25, -0.2) is 4.98 Å². The van der Waals surface area contributed by atoms with Crippen LogP contribution in [0.25, 0.3) is 27.3 Å². The minimum absolute atomic E-state index is 0.128. The molecule has 5 rings (SSSR count). The van der Waals surface area contributed by atoms with Gasteiger partial charge < -0.3 is 5.32 Å². The summed E-state index contributed by atoms with van der Waals surface area (Å²) in [6.45, 7) is 6.10. The summed E-state index contributed by atoms with van der Waals surface area (Å²) in [7, 11) is 0. The topological polar surface area (TPSA) is 94.2 Å². The molecular weight excluding hydrogens is 476 g/mol. The predicted molar refractivity (Wildman–Crippen MR) is 134 cm³/mol. The number of aromatic nitrogens is 5. The number of amides is 1. The van der Waals surface area contributed by atoms with Gasteiger partial charge in [-0.3, -0.25) is 18.6 Å². The largest absolute Gasteiger partial charge is 0.301 e. The van der Waals surface area contributed by atoms with Crippen LogP contribution in [0, 0.1) is 6.92 Å². The zero-order chi connectivity index (χ0) is 22.9. The first-order chi connectivity index (χ1) is 16.0. The van der Waals surface area contributed by atoms with Gasteiger partial charge in [0.2, 0.25) is 11.7 Å². The highest BCUT2D eigenvalue weighted by atomic mass is 32.2. The Labute approximate surface area is 200 Å². The van der Waals surface area contributed by atoms with E-state index in [9.17, 15) is 9.59 Å². The van der Waals surface area contributed by atoms with E-state index in [4.69, 9.17) is 0 Å². The Bertz CT molecular complexity index is 1560. The van der Waals surface area contributed by atoms with E-state index in [1.807, 2.05) is 29.6 Å². The molecule has 0 atom stereocenters. The number of nitrogens with zero attached hydrogens (tertiary/aromatic N) is 5. The first-order valence-corrected chi connectivity index (χ1v) is 12.7. The summed E-state index contributed by atoms with van der Waals surface area (Å²) >= 11 is 4.31. The fraction of sp³-hybridized carbons (Fsp3) is 0.136. The van der Waals surface area contributed by atoms with Gasteiger partial charge in [0.15, 0.2) is 10.3 Å². The molecule has 1 N–H and O–H groups in total.